The molecular weight excluding hydrogens is 240 g/mol. The minimum atomic E-state index is 0.722. The van der Waals surface area contributed by atoms with Crippen LogP contribution in [-0.4, -0.2) is 25.5 Å². The molecule has 3 heteroatoms. The number of hydrogen-bond acceptors (Lipinski definition) is 3. The number of thiophene rings is 1. The zero-order chi connectivity index (χ0) is 13.0. The summed E-state index contributed by atoms with van der Waals surface area (Å²) in [6.07, 6.45) is 0.973. The summed E-state index contributed by atoms with van der Waals surface area (Å²) >= 11 is 1.85. The topological polar surface area (TPSA) is 29.3 Å². The molecule has 0 amide bonds. The lowest BCUT2D eigenvalue weighted by molar-refractivity contribution is 0.403. The molecule has 0 aliphatic heterocycles. The Morgan fingerprint density at radius 3 is 2.61 bits per heavy atom. The number of hydrogen-bond donors (Lipinski definition) is 1. The van der Waals surface area contributed by atoms with Crippen molar-refractivity contribution in [3.8, 4) is 10.4 Å². The molecule has 0 unspecified atom stereocenters. The van der Waals surface area contributed by atoms with Crippen LogP contribution in [0.15, 0.2) is 36.4 Å². The predicted octanol–water partition coefficient (Wildman–Crippen LogP) is 2.98. The predicted molar refractivity (Wildman–Crippen MR) is 79.9 cm³/mol. The molecule has 2 nitrogen and oxygen atoms in total. The van der Waals surface area contributed by atoms with E-state index in [1.165, 1.54) is 20.9 Å². The van der Waals surface area contributed by atoms with Crippen molar-refractivity contribution < 1.29 is 0 Å². The van der Waals surface area contributed by atoms with E-state index >= 15 is 0 Å². The van der Waals surface area contributed by atoms with Crippen LogP contribution in [0.3, 0.4) is 0 Å². The zero-order valence-corrected chi connectivity index (χ0v) is 11.8. The summed E-state index contributed by atoms with van der Waals surface area (Å²) in [6, 6.07) is 13.0. The van der Waals surface area contributed by atoms with Crippen molar-refractivity contribution in [2.45, 2.75) is 13.0 Å². The van der Waals surface area contributed by atoms with Crippen LogP contribution < -0.4 is 5.73 Å². The molecule has 0 aliphatic carbocycles. The van der Waals surface area contributed by atoms with E-state index < -0.39 is 0 Å². The molecule has 0 bridgehead atoms. The first-order valence-electron chi connectivity index (χ1n) is 6.22. The fourth-order valence-corrected chi connectivity index (χ4v) is 3.12. The summed E-state index contributed by atoms with van der Waals surface area (Å²) in [7, 11) is 4.20. The maximum atomic E-state index is 5.60. The van der Waals surface area contributed by atoms with Gasteiger partial charge in [0, 0.05) is 16.3 Å². The molecular formula is C15H20N2S. The quantitative estimate of drug-likeness (QED) is 0.895. The Balaban J connectivity index is 2.30. The highest BCUT2D eigenvalue weighted by molar-refractivity contribution is 7.15. The van der Waals surface area contributed by atoms with Gasteiger partial charge in [-0.2, -0.15) is 0 Å². The molecule has 0 atom stereocenters. The minimum absolute atomic E-state index is 0.722. The Kier molecular flexibility index (Phi) is 4.53. The van der Waals surface area contributed by atoms with E-state index in [0.29, 0.717) is 0 Å². The Labute approximate surface area is 113 Å². The molecule has 1 heterocycles. The number of nitrogens with zero attached hydrogens (tertiary/aromatic N) is 1. The van der Waals surface area contributed by atoms with Gasteiger partial charge in [-0.25, -0.2) is 0 Å². The fraction of sp³-hybridized carbons (Fsp3) is 0.333. The molecule has 1 aromatic heterocycles. The molecule has 0 spiro atoms. The number of nitrogens with two attached hydrogens (primary N) is 1. The van der Waals surface area contributed by atoms with Gasteiger partial charge >= 0.3 is 0 Å². The van der Waals surface area contributed by atoms with E-state index in [2.05, 4.69) is 55.4 Å². The average molecular weight is 260 g/mol. The van der Waals surface area contributed by atoms with Gasteiger partial charge in [0.15, 0.2) is 0 Å². The summed E-state index contributed by atoms with van der Waals surface area (Å²) < 4.78 is 0. The molecule has 2 rings (SSSR count). The van der Waals surface area contributed by atoms with Gasteiger partial charge in [-0.3, -0.25) is 0 Å². The summed E-state index contributed by atoms with van der Waals surface area (Å²) in [4.78, 5) is 4.91. The first-order valence-corrected chi connectivity index (χ1v) is 7.04. The van der Waals surface area contributed by atoms with Crippen LogP contribution in [0.1, 0.15) is 10.4 Å². The summed E-state index contributed by atoms with van der Waals surface area (Å²) in [6.45, 7) is 1.69. The van der Waals surface area contributed by atoms with Crippen molar-refractivity contribution in [3.63, 3.8) is 0 Å². The van der Waals surface area contributed by atoms with Gasteiger partial charge in [0.25, 0.3) is 0 Å². The van der Waals surface area contributed by atoms with Gasteiger partial charge in [-0.15, -0.1) is 11.3 Å². The van der Waals surface area contributed by atoms with Crippen LogP contribution in [0, 0.1) is 0 Å². The zero-order valence-electron chi connectivity index (χ0n) is 11.0. The molecule has 96 valence electrons. The van der Waals surface area contributed by atoms with Gasteiger partial charge in [0.05, 0.1) is 0 Å². The highest BCUT2D eigenvalue weighted by atomic mass is 32.1. The van der Waals surface area contributed by atoms with Gasteiger partial charge in [0.2, 0.25) is 0 Å². The van der Waals surface area contributed by atoms with Crippen molar-refractivity contribution in [2.75, 3.05) is 20.6 Å². The second-order valence-electron chi connectivity index (χ2n) is 4.70. The third-order valence-corrected chi connectivity index (χ3v) is 4.00. The van der Waals surface area contributed by atoms with Crippen LogP contribution in [0.2, 0.25) is 0 Å². The molecule has 2 aromatic rings. The third-order valence-electron chi connectivity index (χ3n) is 2.82. The number of benzene rings is 1. The lowest BCUT2D eigenvalue weighted by Gasteiger charge is -2.13. The first-order chi connectivity index (χ1) is 8.70. The Morgan fingerprint density at radius 2 is 1.89 bits per heavy atom. The lowest BCUT2D eigenvalue weighted by Crippen LogP contribution is -2.11. The second kappa shape index (κ2) is 6.14. The van der Waals surface area contributed by atoms with Crippen molar-refractivity contribution in [1.82, 2.24) is 4.90 Å². The van der Waals surface area contributed by atoms with Gasteiger partial charge < -0.3 is 10.6 Å². The third kappa shape index (κ3) is 3.19. The van der Waals surface area contributed by atoms with Gasteiger partial charge in [-0.05, 0) is 50.3 Å². The molecule has 1 aromatic carbocycles. The van der Waals surface area contributed by atoms with Crippen molar-refractivity contribution in [3.05, 3.63) is 46.8 Å². The van der Waals surface area contributed by atoms with Crippen molar-refractivity contribution in [1.29, 1.82) is 0 Å². The highest BCUT2D eigenvalue weighted by Crippen LogP contribution is 2.31. The van der Waals surface area contributed by atoms with Crippen LogP contribution in [0.5, 0.6) is 0 Å². The maximum Gasteiger partial charge on any atom is 0.0348 e. The summed E-state index contributed by atoms with van der Waals surface area (Å²) in [5.41, 5.74) is 8.33. The molecule has 0 saturated carbocycles. The SMILES string of the molecule is CN(C)Cc1ccccc1-c1ccc(CCN)s1. The van der Waals surface area contributed by atoms with Crippen LogP contribution >= 0.6 is 11.3 Å². The van der Waals surface area contributed by atoms with Crippen LogP contribution in [0.4, 0.5) is 0 Å². The normalized spacial score (nSPS) is 11.1. The van der Waals surface area contributed by atoms with E-state index in [1.807, 2.05) is 11.3 Å². The monoisotopic (exact) mass is 260 g/mol. The van der Waals surface area contributed by atoms with E-state index in [9.17, 15) is 0 Å². The standard InChI is InChI=1S/C15H20N2S/c1-17(2)11-12-5-3-4-6-14(12)15-8-7-13(18-15)9-10-16/h3-8H,9-11,16H2,1-2H3. The molecule has 0 fully saturated rings. The average Bonchev–Trinajstić information content (AvgIpc) is 2.78. The molecule has 0 saturated heterocycles. The maximum absolute atomic E-state index is 5.60. The summed E-state index contributed by atoms with van der Waals surface area (Å²) in [5.74, 6) is 0. The molecule has 0 radical (unpaired) electrons. The Morgan fingerprint density at radius 1 is 1.11 bits per heavy atom. The van der Waals surface area contributed by atoms with E-state index in [-0.39, 0.29) is 0 Å². The number of rotatable bonds is 5. The highest BCUT2D eigenvalue weighted by Gasteiger charge is 2.08. The molecule has 2 N–H and O–H groups in total. The van der Waals surface area contributed by atoms with E-state index in [0.717, 1.165) is 19.5 Å². The smallest absolute Gasteiger partial charge is 0.0348 e. The van der Waals surface area contributed by atoms with E-state index in [1.54, 1.807) is 0 Å². The van der Waals surface area contributed by atoms with Gasteiger partial charge in [0.1, 0.15) is 0 Å². The van der Waals surface area contributed by atoms with Crippen LogP contribution in [0.25, 0.3) is 10.4 Å². The lowest BCUT2D eigenvalue weighted by atomic mass is 10.1. The van der Waals surface area contributed by atoms with Crippen molar-refractivity contribution >= 4 is 11.3 Å². The van der Waals surface area contributed by atoms with Crippen molar-refractivity contribution in [2.24, 2.45) is 5.73 Å². The minimum Gasteiger partial charge on any atom is -0.330 e. The Bertz CT molecular complexity index is 503. The largest absolute Gasteiger partial charge is 0.330 e. The molecule has 18 heavy (non-hydrogen) atoms. The fourth-order valence-electron chi connectivity index (χ4n) is 2.04. The van der Waals surface area contributed by atoms with E-state index in [4.69, 9.17) is 5.73 Å². The van der Waals surface area contributed by atoms with Gasteiger partial charge in [-0.1, -0.05) is 24.3 Å². The Hall–Kier alpha value is -1.16. The summed E-state index contributed by atoms with van der Waals surface area (Å²) in [5, 5.41) is 0. The molecule has 0 aliphatic rings. The first kappa shape index (κ1) is 13.3. The van der Waals surface area contributed by atoms with Crippen LogP contribution in [-0.2, 0) is 13.0 Å². The second-order valence-corrected chi connectivity index (χ2v) is 5.87.